The van der Waals surface area contributed by atoms with Crippen molar-refractivity contribution in [2.45, 2.75) is 19.4 Å². The second kappa shape index (κ2) is 7.41. The van der Waals surface area contributed by atoms with Crippen molar-refractivity contribution in [2.24, 2.45) is 0 Å². The van der Waals surface area contributed by atoms with Crippen LogP contribution in [0.2, 0.25) is 0 Å². The molecule has 0 amide bonds. The van der Waals surface area contributed by atoms with Crippen LogP contribution in [0.1, 0.15) is 24.2 Å². The first-order valence-electron chi connectivity index (χ1n) is 6.70. The summed E-state index contributed by atoms with van der Waals surface area (Å²) >= 11 is 3.41. The Morgan fingerprint density at radius 1 is 1.20 bits per heavy atom. The van der Waals surface area contributed by atoms with E-state index in [4.69, 9.17) is 4.74 Å². The molecular formula is C16H19BrN2O. The SMILES string of the molecule is CCNC(Cc1ccc(Br)cn1)c1ccc(OC)cc1. The number of rotatable bonds is 6. The zero-order valence-electron chi connectivity index (χ0n) is 11.8. The fourth-order valence-electron chi connectivity index (χ4n) is 2.13. The lowest BCUT2D eigenvalue weighted by Crippen LogP contribution is -2.23. The number of ether oxygens (including phenoxy) is 1. The minimum absolute atomic E-state index is 0.264. The van der Waals surface area contributed by atoms with Crippen LogP contribution in [0.3, 0.4) is 0 Å². The van der Waals surface area contributed by atoms with Gasteiger partial charge in [0, 0.05) is 28.8 Å². The normalized spacial score (nSPS) is 12.2. The summed E-state index contributed by atoms with van der Waals surface area (Å²) < 4.78 is 6.21. The van der Waals surface area contributed by atoms with E-state index in [-0.39, 0.29) is 6.04 Å². The molecule has 1 atom stereocenters. The van der Waals surface area contributed by atoms with Gasteiger partial charge in [-0.1, -0.05) is 19.1 Å². The van der Waals surface area contributed by atoms with Gasteiger partial charge in [-0.25, -0.2) is 0 Å². The van der Waals surface area contributed by atoms with E-state index in [9.17, 15) is 0 Å². The van der Waals surface area contributed by atoms with Crippen LogP contribution in [0, 0.1) is 0 Å². The Morgan fingerprint density at radius 2 is 1.95 bits per heavy atom. The first-order valence-corrected chi connectivity index (χ1v) is 7.50. The fourth-order valence-corrected chi connectivity index (χ4v) is 2.36. The molecule has 1 unspecified atom stereocenters. The van der Waals surface area contributed by atoms with Gasteiger partial charge < -0.3 is 10.1 Å². The van der Waals surface area contributed by atoms with Gasteiger partial charge >= 0.3 is 0 Å². The first kappa shape index (κ1) is 15.0. The Morgan fingerprint density at radius 3 is 2.50 bits per heavy atom. The number of hydrogen-bond acceptors (Lipinski definition) is 3. The maximum atomic E-state index is 5.20. The van der Waals surface area contributed by atoms with Crippen molar-refractivity contribution in [1.29, 1.82) is 0 Å². The molecule has 0 aliphatic rings. The average Bonchev–Trinajstić information content (AvgIpc) is 2.49. The molecule has 0 radical (unpaired) electrons. The lowest BCUT2D eigenvalue weighted by molar-refractivity contribution is 0.414. The monoisotopic (exact) mass is 334 g/mol. The quantitative estimate of drug-likeness (QED) is 0.873. The third kappa shape index (κ3) is 4.05. The Balaban J connectivity index is 2.14. The number of nitrogens with one attached hydrogen (secondary N) is 1. The maximum absolute atomic E-state index is 5.20. The summed E-state index contributed by atoms with van der Waals surface area (Å²) in [4.78, 5) is 4.45. The molecule has 20 heavy (non-hydrogen) atoms. The van der Waals surface area contributed by atoms with Crippen molar-refractivity contribution in [3.63, 3.8) is 0 Å². The highest BCUT2D eigenvalue weighted by molar-refractivity contribution is 9.10. The third-order valence-corrected chi connectivity index (χ3v) is 3.64. The van der Waals surface area contributed by atoms with Gasteiger partial charge in [-0.3, -0.25) is 4.98 Å². The summed E-state index contributed by atoms with van der Waals surface area (Å²) in [6.45, 7) is 3.04. The minimum atomic E-state index is 0.264. The van der Waals surface area contributed by atoms with Crippen LogP contribution in [0.15, 0.2) is 47.1 Å². The molecule has 2 aromatic rings. The molecule has 1 aromatic carbocycles. The van der Waals surface area contributed by atoms with E-state index in [1.54, 1.807) is 7.11 Å². The van der Waals surface area contributed by atoms with Crippen molar-refractivity contribution in [3.05, 3.63) is 58.3 Å². The molecule has 0 saturated carbocycles. The number of aromatic nitrogens is 1. The zero-order valence-corrected chi connectivity index (χ0v) is 13.4. The molecule has 3 nitrogen and oxygen atoms in total. The summed E-state index contributed by atoms with van der Waals surface area (Å²) in [5.41, 5.74) is 2.33. The number of nitrogens with zero attached hydrogens (tertiary/aromatic N) is 1. The van der Waals surface area contributed by atoms with Crippen LogP contribution in [0.25, 0.3) is 0 Å². The molecule has 2 rings (SSSR count). The van der Waals surface area contributed by atoms with Crippen LogP contribution in [-0.4, -0.2) is 18.6 Å². The molecule has 0 bridgehead atoms. The second-order valence-electron chi connectivity index (χ2n) is 4.56. The van der Waals surface area contributed by atoms with Crippen molar-refractivity contribution >= 4 is 15.9 Å². The van der Waals surface area contributed by atoms with E-state index in [0.29, 0.717) is 0 Å². The number of hydrogen-bond donors (Lipinski definition) is 1. The summed E-state index contributed by atoms with van der Waals surface area (Å²) in [7, 11) is 1.68. The highest BCUT2D eigenvalue weighted by Crippen LogP contribution is 2.21. The summed E-state index contributed by atoms with van der Waals surface area (Å²) in [5.74, 6) is 0.880. The number of benzene rings is 1. The number of methoxy groups -OCH3 is 1. The van der Waals surface area contributed by atoms with Crippen LogP contribution in [0.5, 0.6) is 5.75 Å². The molecule has 1 aromatic heterocycles. The predicted octanol–water partition coefficient (Wildman–Crippen LogP) is 3.75. The smallest absolute Gasteiger partial charge is 0.118 e. The van der Waals surface area contributed by atoms with Gasteiger partial charge in [-0.05, 0) is 52.3 Å². The first-order chi connectivity index (χ1) is 9.72. The Labute approximate surface area is 128 Å². The lowest BCUT2D eigenvalue weighted by atomic mass is 10.0. The number of halogens is 1. The van der Waals surface area contributed by atoms with E-state index in [1.165, 1.54) is 5.56 Å². The average molecular weight is 335 g/mol. The molecule has 0 saturated heterocycles. The van der Waals surface area contributed by atoms with Gasteiger partial charge in [0.15, 0.2) is 0 Å². The van der Waals surface area contributed by atoms with Gasteiger partial charge in [0.1, 0.15) is 5.75 Å². The van der Waals surface area contributed by atoms with Crippen LogP contribution in [0.4, 0.5) is 0 Å². The predicted molar refractivity (Wildman–Crippen MR) is 85.1 cm³/mol. The van der Waals surface area contributed by atoms with Crippen molar-refractivity contribution in [1.82, 2.24) is 10.3 Å². The summed E-state index contributed by atoms with van der Waals surface area (Å²) in [6, 6.07) is 12.5. The number of likely N-dealkylation sites (N-methyl/N-ethyl adjacent to an activating group) is 1. The lowest BCUT2D eigenvalue weighted by Gasteiger charge is -2.18. The minimum Gasteiger partial charge on any atom is -0.497 e. The van der Waals surface area contributed by atoms with Crippen molar-refractivity contribution in [3.8, 4) is 5.75 Å². The molecule has 0 aliphatic carbocycles. The Bertz CT molecular complexity index is 525. The molecule has 0 aliphatic heterocycles. The molecule has 0 fully saturated rings. The van der Waals surface area contributed by atoms with E-state index >= 15 is 0 Å². The van der Waals surface area contributed by atoms with E-state index in [0.717, 1.165) is 28.9 Å². The molecular weight excluding hydrogens is 316 g/mol. The van der Waals surface area contributed by atoms with Gasteiger partial charge in [0.2, 0.25) is 0 Å². The van der Waals surface area contributed by atoms with Gasteiger partial charge in [0.05, 0.1) is 7.11 Å². The topological polar surface area (TPSA) is 34.2 Å². The highest BCUT2D eigenvalue weighted by Gasteiger charge is 2.12. The standard InChI is InChI=1S/C16H19BrN2O/c1-3-18-16(10-14-7-6-13(17)11-19-14)12-4-8-15(20-2)9-5-12/h4-9,11,16,18H,3,10H2,1-2H3. The van der Waals surface area contributed by atoms with Crippen LogP contribution >= 0.6 is 15.9 Å². The van der Waals surface area contributed by atoms with Gasteiger partial charge in [-0.15, -0.1) is 0 Å². The molecule has 4 heteroatoms. The Kier molecular flexibility index (Phi) is 5.56. The van der Waals surface area contributed by atoms with Crippen molar-refractivity contribution < 1.29 is 4.74 Å². The highest BCUT2D eigenvalue weighted by atomic mass is 79.9. The van der Waals surface area contributed by atoms with E-state index < -0.39 is 0 Å². The van der Waals surface area contributed by atoms with Gasteiger partial charge in [0.25, 0.3) is 0 Å². The molecule has 1 N–H and O–H groups in total. The van der Waals surface area contributed by atoms with Crippen LogP contribution in [-0.2, 0) is 6.42 Å². The second-order valence-corrected chi connectivity index (χ2v) is 5.47. The van der Waals surface area contributed by atoms with Gasteiger partial charge in [-0.2, -0.15) is 0 Å². The fraction of sp³-hybridized carbons (Fsp3) is 0.312. The Hall–Kier alpha value is -1.39. The third-order valence-electron chi connectivity index (χ3n) is 3.17. The van der Waals surface area contributed by atoms with E-state index in [1.807, 2.05) is 24.4 Å². The van der Waals surface area contributed by atoms with Crippen LogP contribution < -0.4 is 10.1 Å². The molecule has 1 heterocycles. The summed E-state index contributed by atoms with van der Waals surface area (Å²) in [5, 5.41) is 3.51. The zero-order chi connectivity index (χ0) is 14.4. The van der Waals surface area contributed by atoms with Crippen molar-refractivity contribution in [2.75, 3.05) is 13.7 Å². The number of pyridine rings is 1. The summed E-state index contributed by atoms with van der Waals surface area (Å²) in [6.07, 6.45) is 2.71. The van der Waals surface area contributed by atoms with E-state index in [2.05, 4.69) is 51.4 Å². The largest absolute Gasteiger partial charge is 0.497 e. The molecule has 106 valence electrons. The molecule has 0 spiro atoms. The maximum Gasteiger partial charge on any atom is 0.118 e.